The number of carbonyl (C=O) groups is 1. The van der Waals surface area contributed by atoms with Gasteiger partial charge in [0.25, 0.3) is 0 Å². The first-order chi connectivity index (χ1) is 9.67. The van der Waals surface area contributed by atoms with Crippen molar-refractivity contribution in [2.75, 3.05) is 0 Å². The van der Waals surface area contributed by atoms with E-state index >= 15 is 0 Å². The molecule has 1 aromatic carbocycles. The number of piperidine rings is 1. The fourth-order valence-corrected chi connectivity index (χ4v) is 3.52. The largest absolute Gasteiger partial charge is 0.353 e. The molecule has 116 valence electrons. The molecule has 0 spiro atoms. The van der Waals surface area contributed by atoms with Crippen LogP contribution in [0.3, 0.4) is 0 Å². The van der Waals surface area contributed by atoms with E-state index in [2.05, 4.69) is 38.3 Å². The Morgan fingerprint density at radius 3 is 2.38 bits per heavy atom. The lowest BCUT2D eigenvalue weighted by molar-refractivity contribution is -0.121. The molecule has 2 N–H and O–H groups in total. The number of carbonyl (C=O) groups excluding carboxylic acids is 1. The maximum atomic E-state index is 13.6. The Morgan fingerprint density at radius 1 is 1.24 bits per heavy atom. The minimum absolute atomic E-state index is 0.0162. The molecule has 0 radical (unpaired) electrons. The molecule has 0 aliphatic carbocycles. The van der Waals surface area contributed by atoms with Crippen LogP contribution in [0.2, 0.25) is 0 Å². The molecule has 1 heterocycles. The number of halogens is 1. The fraction of sp³-hybridized carbons (Fsp3) is 0.588. The van der Waals surface area contributed by atoms with Crippen LogP contribution in [0, 0.1) is 5.82 Å². The first kappa shape index (κ1) is 16.0. The summed E-state index contributed by atoms with van der Waals surface area (Å²) in [4.78, 5) is 12.2. The van der Waals surface area contributed by atoms with Crippen LogP contribution in [0.25, 0.3) is 0 Å². The zero-order valence-corrected chi connectivity index (χ0v) is 13.3. The SMILES string of the molecule is CC1(C)CC(NC(=O)Cc2ccccc2F)CC(C)(C)N1. The molecule has 4 heteroatoms. The first-order valence-electron chi connectivity index (χ1n) is 7.49. The normalized spacial score (nSPS) is 21.0. The molecular weight excluding hydrogens is 267 g/mol. The summed E-state index contributed by atoms with van der Waals surface area (Å²) in [7, 11) is 0. The molecule has 0 aromatic heterocycles. The van der Waals surface area contributed by atoms with Gasteiger partial charge in [0.15, 0.2) is 0 Å². The van der Waals surface area contributed by atoms with Gasteiger partial charge in [0.1, 0.15) is 5.82 Å². The lowest BCUT2D eigenvalue weighted by atomic mass is 9.79. The van der Waals surface area contributed by atoms with Crippen molar-refractivity contribution in [1.82, 2.24) is 10.6 Å². The van der Waals surface area contributed by atoms with Gasteiger partial charge in [-0.1, -0.05) is 18.2 Å². The molecule has 21 heavy (non-hydrogen) atoms. The zero-order chi connectivity index (χ0) is 15.7. The molecule has 0 bridgehead atoms. The number of hydrogen-bond donors (Lipinski definition) is 2. The van der Waals surface area contributed by atoms with Crippen LogP contribution in [0.5, 0.6) is 0 Å². The van der Waals surface area contributed by atoms with Gasteiger partial charge >= 0.3 is 0 Å². The summed E-state index contributed by atoms with van der Waals surface area (Å²) in [5.74, 6) is -0.433. The van der Waals surface area contributed by atoms with Crippen molar-refractivity contribution in [1.29, 1.82) is 0 Å². The van der Waals surface area contributed by atoms with Crippen molar-refractivity contribution >= 4 is 5.91 Å². The second-order valence-electron chi connectivity index (χ2n) is 7.33. The molecule has 2 rings (SSSR count). The Hall–Kier alpha value is -1.42. The molecule has 1 fully saturated rings. The van der Waals surface area contributed by atoms with Gasteiger partial charge in [-0.3, -0.25) is 4.79 Å². The van der Waals surface area contributed by atoms with E-state index in [1.807, 2.05) is 0 Å². The van der Waals surface area contributed by atoms with Crippen LogP contribution >= 0.6 is 0 Å². The highest BCUT2D eigenvalue weighted by molar-refractivity contribution is 5.79. The summed E-state index contributed by atoms with van der Waals surface area (Å²) in [6, 6.07) is 6.55. The van der Waals surface area contributed by atoms with E-state index in [1.54, 1.807) is 18.2 Å². The topological polar surface area (TPSA) is 41.1 Å². The smallest absolute Gasteiger partial charge is 0.224 e. The van der Waals surface area contributed by atoms with E-state index in [4.69, 9.17) is 0 Å². The van der Waals surface area contributed by atoms with Gasteiger partial charge < -0.3 is 10.6 Å². The molecule has 1 aliphatic heterocycles. The average molecular weight is 292 g/mol. The number of hydrogen-bond acceptors (Lipinski definition) is 2. The van der Waals surface area contributed by atoms with Gasteiger partial charge in [-0.25, -0.2) is 4.39 Å². The van der Waals surface area contributed by atoms with Gasteiger partial charge in [-0.2, -0.15) is 0 Å². The molecule has 1 aromatic rings. The van der Waals surface area contributed by atoms with Crippen LogP contribution in [0.4, 0.5) is 4.39 Å². The predicted octanol–water partition coefficient (Wildman–Crippen LogP) is 2.79. The molecular formula is C17H25FN2O. The van der Waals surface area contributed by atoms with Crippen molar-refractivity contribution in [2.45, 2.75) is 64.1 Å². The third-order valence-corrected chi connectivity index (χ3v) is 3.86. The van der Waals surface area contributed by atoms with Gasteiger partial charge in [0.05, 0.1) is 6.42 Å². The van der Waals surface area contributed by atoms with Crippen LogP contribution < -0.4 is 10.6 Å². The molecule has 0 atom stereocenters. The number of benzene rings is 1. The summed E-state index contributed by atoms with van der Waals surface area (Å²) < 4.78 is 13.6. The van der Waals surface area contributed by atoms with E-state index in [1.165, 1.54) is 6.07 Å². The Kier molecular flexibility index (Phi) is 4.38. The van der Waals surface area contributed by atoms with Crippen molar-refractivity contribution < 1.29 is 9.18 Å². The van der Waals surface area contributed by atoms with Crippen LogP contribution in [0.1, 0.15) is 46.1 Å². The molecule has 3 nitrogen and oxygen atoms in total. The Morgan fingerprint density at radius 2 is 1.81 bits per heavy atom. The lowest BCUT2D eigenvalue weighted by Gasteiger charge is -2.46. The van der Waals surface area contributed by atoms with Gasteiger partial charge in [-0.15, -0.1) is 0 Å². The van der Waals surface area contributed by atoms with E-state index in [-0.39, 0.29) is 35.3 Å². The second-order valence-corrected chi connectivity index (χ2v) is 7.33. The predicted molar refractivity (Wildman–Crippen MR) is 82.6 cm³/mol. The highest BCUT2D eigenvalue weighted by atomic mass is 19.1. The monoisotopic (exact) mass is 292 g/mol. The van der Waals surface area contributed by atoms with Crippen LogP contribution in [-0.2, 0) is 11.2 Å². The fourth-order valence-electron chi connectivity index (χ4n) is 3.52. The summed E-state index contributed by atoms with van der Waals surface area (Å²) >= 11 is 0. The minimum atomic E-state index is -0.321. The molecule has 1 saturated heterocycles. The Balaban J connectivity index is 1.98. The van der Waals surface area contributed by atoms with Crippen molar-refractivity contribution in [3.8, 4) is 0 Å². The summed E-state index contributed by atoms with van der Waals surface area (Å²) in [6.07, 6.45) is 1.84. The maximum absolute atomic E-state index is 13.6. The van der Waals surface area contributed by atoms with Gasteiger partial charge in [0, 0.05) is 17.1 Å². The molecule has 0 saturated carbocycles. The summed E-state index contributed by atoms with van der Waals surface area (Å²) in [5, 5.41) is 6.64. The molecule has 0 unspecified atom stereocenters. The van der Waals surface area contributed by atoms with Crippen molar-refractivity contribution in [3.63, 3.8) is 0 Å². The Labute approximate surface area is 126 Å². The van der Waals surface area contributed by atoms with E-state index < -0.39 is 0 Å². The van der Waals surface area contributed by atoms with E-state index in [0.29, 0.717) is 5.56 Å². The summed E-state index contributed by atoms with van der Waals surface area (Å²) in [5.41, 5.74) is 0.414. The average Bonchev–Trinajstić information content (AvgIpc) is 2.27. The lowest BCUT2D eigenvalue weighted by Crippen LogP contribution is -2.62. The number of nitrogens with one attached hydrogen (secondary N) is 2. The molecule has 1 amide bonds. The minimum Gasteiger partial charge on any atom is -0.353 e. The van der Waals surface area contributed by atoms with Crippen molar-refractivity contribution in [3.05, 3.63) is 35.6 Å². The molecule has 1 aliphatic rings. The third-order valence-electron chi connectivity index (χ3n) is 3.86. The second kappa shape index (κ2) is 5.76. The van der Waals surface area contributed by atoms with Gasteiger partial charge in [-0.05, 0) is 52.2 Å². The quantitative estimate of drug-likeness (QED) is 0.899. The van der Waals surface area contributed by atoms with Crippen molar-refractivity contribution in [2.24, 2.45) is 0 Å². The standard InChI is InChI=1S/C17H25FN2O/c1-16(2)10-13(11-17(3,4)20-16)19-15(21)9-12-7-5-6-8-14(12)18/h5-8,13,20H,9-11H2,1-4H3,(H,19,21). The summed E-state index contributed by atoms with van der Waals surface area (Å²) in [6.45, 7) is 8.57. The van der Waals surface area contributed by atoms with E-state index in [0.717, 1.165) is 12.8 Å². The van der Waals surface area contributed by atoms with Crippen LogP contribution in [-0.4, -0.2) is 23.0 Å². The van der Waals surface area contributed by atoms with E-state index in [9.17, 15) is 9.18 Å². The van der Waals surface area contributed by atoms with Crippen LogP contribution in [0.15, 0.2) is 24.3 Å². The van der Waals surface area contributed by atoms with Gasteiger partial charge in [0.2, 0.25) is 5.91 Å². The first-order valence-corrected chi connectivity index (χ1v) is 7.49. The number of rotatable bonds is 3. The maximum Gasteiger partial charge on any atom is 0.224 e. The zero-order valence-electron chi connectivity index (χ0n) is 13.3. The Bertz CT molecular complexity index is 509. The third kappa shape index (κ3) is 4.53. The highest BCUT2D eigenvalue weighted by Crippen LogP contribution is 2.28. The highest BCUT2D eigenvalue weighted by Gasteiger charge is 2.38. The number of amides is 1.